The lowest BCUT2D eigenvalue weighted by atomic mass is 10.1. The Morgan fingerprint density at radius 2 is 1.50 bits per heavy atom. The van der Waals surface area contributed by atoms with Crippen molar-refractivity contribution in [2.24, 2.45) is 10.7 Å². The number of aromatic nitrogens is 1. The lowest BCUT2D eigenvalue weighted by Gasteiger charge is -2.24. The monoisotopic (exact) mass is 1120 g/mol. The van der Waals surface area contributed by atoms with Crippen LogP contribution in [0.15, 0.2) is 102 Å². The van der Waals surface area contributed by atoms with E-state index in [0.29, 0.717) is 44.3 Å². The molecular weight excluding hydrogens is 1060 g/mol. The Balaban J connectivity index is 0.000000294. The first-order valence-electron chi connectivity index (χ1n) is 22.7. The number of hydrogen-bond acceptors (Lipinski definition) is 14. The number of amides is 1. The Kier molecular flexibility index (Phi) is 25.6. The number of carbonyl (C=O) groups is 4. The van der Waals surface area contributed by atoms with Gasteiger partial charge in [0, 0.05) is 48.9 Å². The number of ketones is 2. The number of thiazole rings is 1. The van der Waals surface area contributed by atoms with Crippen molar-refractivity contribution in [2.45, 2.75) is 79.1 Å². The third-order valence-electron chi connectivity index (χ3n) is 9.73. The summed E-state index contributed by atoms with van der Waals surface area (Å²) >= 11 is 11.0. The number of anilines is 4. The maximum atomic E-state index is 12.7. The number of carboxylic acid groups (broad SMARTS) is 1. The number of hydrogen-bond donors (Lipinski definition) is 6. The standard InChI is InChI=1S/C21H22N4O2S.C19H28N4O3S2.C9H9BrO.C2H4O2.H3P/c1-13-3-2-4-14(11-13)18(26)19-20(22)25-21(28-19)24-15-5-7-16(8-6-15)27-17-9-10-23-12-17;1-5-28-16(20)22-17(27)21-13-6-8-14(9-7-13)25-15-10-11-23(12-15)18(24)26-19(2,3)4;1-7-3-2-4-8(5-7)9(11)6-10;1-2(3)4;/h2-8,11,17,23H,9-10,12,22H2,1H3,(H,24,25);6-9,15H,5,10-12H2,1-4H3,(H3,20,21,22,27);2-5H,6H2,1H3;1H3,(H,3,4);1H3. The van der Waals surface area contributed by atoms with Gasteiger partial charge in [-0.2, -0.15) is 14.9 Å². The largest absolute Gasteiger partial charge is 0.489 e. The van der Waals surface area contributed by atoms with Crippen LogP contribution in [0.3, 0.4) is 0 Å². The van der Waals surface area contributed by atoms with E-state index in [1.807, 2.05) is 133 Å². The van der Waals surface area contributed by atoms with Crippen molar-refractivity contribution < 1.29 is 38.5 Å². The van der Waals surface area contributed by atoms with Crippen LogP contribution in [0.4, 0.5) is 27.1 Å². The summed E-state index contributed by atoms with van der Waals surface area (Å²) in [5.74, 6) is 1.85. The average Bonchev–Trinajstić information content (AvgIpc) is 4.09. The molecule has 0 saturated carbocycles. The number of nitrogens with one attached hydrogen (secondary N) is 3. The third-order valence-corrected chi connectivity index (χ3v) is 12.1. The van der Waals surface area contributed by atoms with Crippen LogP contribution in [0.5, 0.6) is 11.5 Å². The quantitative estimate of drug-likeness (QED) is 0.0170. The number of aliphatic carboxylic acids is 1. The molecule has 4 aromatic carbocycles. The molecule has 388 valence electrons. The Morgan fingerprint density at radius 3 is 2.04 bits per heavy atom. The van der Waals surface area contributed by atoms with Gasteiger partial charge >= 0.3 is 6.09 Å². The molecule has 3 unspecified atom stereocenters. The van der Waals surface area contributed by atoms with Gasteiger partial charge < -0.3 is 51.6 Å². The third kappa shape index (κ3) is 22.0. The number of nitrogens with two attached hydrogens (primary N) is 2. The van der Waals surface area contributed by atoms with Crippen molar-refractivity contribution in [1.82, 2.24) is 15.2 Å². The molecule has 2 aliphatic heterocycles. The van der Waals surface area contributed by atoms with Gasteiger partial charge in [-0.15, -0.1) is 0 Å². The molecule has 0 aliphatic carbocycles. The number of halogens is 1. The summed E-state index contributed by atoms with van der Waals surface area (Å²) in [5.41, 5.74) is 16.5. The minimum atomic E-state index is -0.833. The summed E-state index contributed by atoms with van der Waals surface area (Å²) < 4.78 is 17.3. The van der Waals surface area contributed by atoms with Crippen LogP contribution in [0.1, 0.15) is 84.2 Å². The number of nitrogen functional groups attached to an aromatic ring is 1. The van der Waals surface area contributed by atoms with Gasteiger partial charge in [0.15, 0.2) is 21.2 Å². The van der Waals surface area contributed by atoms with Crippen molar-refractivity contribution in [3.8, 4) is 11.5 Å². The molecule has 1 amide bonds. The van der Waals surface area contributed by atoms with Gasteiger partial charge in [-0.3, -0.25) is 14.4 Å². The summed E-state index contributed by atoms with van der Waals surface area (Å²) in [5, 5.41) is 18.7. The van der Waals surface area contributed by atoms with E-state index in [4.69, 9.17) is 47.8 Å². The van der Waals surface area contributed by atoms with Crippen LogP contribution in [-0.4, -0.2) is 104 Å². The summed E-state index contributed by atoms with van der Waals surface area (Å²) in [6.07, 6.45) is 1.67. The van der Waals surface area contributed by atoms with E-state index < -0.39 is 11.6 Å². The van der Waals surface area contributed by atoms with Crippen LogP contribution in [0.25, 0.3) is 0 Å². The molecule has 2 fully saturated rings. The van der Waals surface area contributed by atoms with Crippen LogP contribution >= 0.6 is 61.1 Å². The van der Waals surface area contributed by atoms with Crippen molar-refractivity contribution in [1.29, 1.82) is 0 Å². The molecule has 0 radical (unpaired) electrons. The van der Waals surface area contributed by atoms with Gasteiger partial charge in [0.1, 0.15) is 40.0 Å². The number of Topliss-reactive ketones (excluding diaryl/α,β-unsaturated/α-hetero) is 1. The van der Waals surface area contributed by atoms with Gasteiger partial charge in [-0.05, 0) is 126 Å². The highest BCUT2D eigenvalue weighted by Crippen LogP contribution is 2.31. The summed E-state index contributed by atoms with van der Waals surface area (Å²) in [4.78, 5) is 55.5. The number of carbonyl (C=O) groups excluding carboxylic acids is 3. The highest BCUT2D eigenvalue weighted by molar-refractivity contribution is 9.09. The predicted molar refractivity (Wildman–Crippen MR) is 306 cm³/mol. The molecule has 16 nitrogen and oxygen atoms in total. The molecule has 8 N–H and O–H groups in total. The van der Waals surface area contributed by atoms with E-state index in [-0.39, 0.29) is 45.6 Å². The van der Waals surface area contributed by atoms with Crippen molar-refractivity contribution in [3.05, 3.63) is 124 Å². The fourth-order valence-electron chi connectivity index (χ4n) is 6.58. The number of alkyl halides is 1. The van der Waals surface area contributed by atoms with E-state index in [2.05, 4.69) is 41.9 Å². The number of amidine groups is 1. The summed E-state index contributed by atoms with van der Waals surface area (Å²) in [6, 6.07) is 30.2. The Morgan fingerprint density at radius 1 is 0.931 bits per heavy atom. The minimum Gasteiger partial charge on any atom is -0.489 e. The lowest BCUT2D eigenvalue weighted by molar-refractivity contribution is -0.134. The van der Waals surface area contributed by atoms with Gasteiger partial charge in [-0.25, -0.2) is 9.78 Å². The number of nitrogens with zero attached hydrogens (tertiary/aromatic N) is 3. The number of likely N-dealkylation sites (tertiary alicyclic amines) is 1. The predicted octanol–water partition coefficient (Wildman–Crippen LogP) is 10.3. The van der Waals surface area contributed by atoms with Crippen molar-refractivity contribution >= 4 is 117 Å². The summed E-state index contributed by atoms with van der Waals surface area (Å²) in [6.45, 7) is 15.6. The van der Waals surface area contributed by atoms with Gasteiger partial charge in [-0.1, -0.05) is 93.5 Å². The second kappa shape index (κ2) is 30.4. The van der Waals surface area contributed by atoms with Crippen LogP contribution in [0.2, 0.25) is 0 Å². The SMILES string of the molecule is CC(=O)O.CCSC(N)=NC(=S)Nc1ccc(OC2CCN(C(=O)OC(C)(C)C)C2)cc1.Cc1cccc(C(=O)CBr)c1.Cc1cccc(C(=O)c2sc(Nc3ccc(OC4CCNC4)cc3)nc2N)c1.P. The Bertz CT molecular complexity index is 2590. The second-order valence-corrected chi connectivity index (χ2v) is 20.3. The van der Waals surface area contributed by atoms with Crippen LogP contribution in [-0.2, 0) is 9.53 Å². The molecule has 3 atom stereocenters. The molecular formula is C51H66BrN8O8PS3. The smallest absolute Gasteiger partial charge is 0.410 e. The average molecular weight is 1130 g/mol. The Hall–Kier alpha value is -5.63. The first-order valence-corrected chi connectivity index (χ1v) is 26.0. The number of aryl methyl sites for hydroxylation is 2. The van der Waals surface area contributed by atoms with E-state index >= 15 is 0 Å². The van der Waals surface area contributed by atoms with Gasteiger partial charge in [0.2, 0.25) is 5.78 Å². The van der Waals surface area contributed by atoms with Crippen LogP contribution < -0.4 is 36.9 Å². The molecule has 72 heavy (non-hydrogen) atoms. The highest BCUT2D eigenvalue weighted by atomic mass is 79.9. The van der Waals surface area contributed by atoms with E-state index in [9.17, 15) is 14.4 Å². The maximum Gasteiger partial charge on any atom is 0.410 e. The van der Waals surface area contributed by atoms with E-state index in [0.717, 1.165) is 78.2 Å². The zero-order chi connectivity index (χ0) is 52.1. The number of thiocarbonyl (C=S) groups is 1. The first-order chi connectivity index (χ1) is 33.7. The van der Waals surface area contributed by atoms with E-state index in [1.54, 1.807) is 11.0 Å². The lowest BCUT2D eigenvalue weighted by Crippen LogP contribution is -2.36. The second-order valence-electron chi connectivity index (χ2n) is 17.1. The molecule has 0 bridgehead atoms. The topological polar surface area (TPSA) is 233 Å². The number of thioether (sulfide) groups is 1. The van der Waals surface area contributed by atoms with Crippen molar-refractivity contribution in [3.63, 3.8) is 0 Å². The molecule has 5 aromatic rings. The summed E-state index contributed by atoms with van der Waals surface area (Å²) in [7, 11) is 0. The first kappa shape index (κ1) is 60.7. The van der Waals surface area contributed by atoms with Crippen LogP contribution in [0, 0.1) is 13.8 Å². The minimum absolute atomic E-state index is 0. The molecule has 0 spiro atoms. The highest BCUT2D eigenvalue weighted by Gasteiger charge is 2.31. The van der Waals surface area contributed by atoms with Gasteiger partial charge in [0.05, 0.1) is 11.9 Å². The van der Waals surface area contributed by atoms with Crippen molar-refractivity contribution in [2.75, 3.05) is 53.6 Å². The molecule has 7 rings (SSSR count). The molecule has 1 aromatic heterocycles. The number of aliphatic imine (C=N–C) groups is 1. The zero-order valence-corrected chi connectivity index (χ0v) is 47.1. The fourth-order valence-corrected chi connectivity index (χ4v) is 8.50. The molecule has 2 saturated heterocycles. The fraction of sp³-hybridized carbons (Fsp3) is 0.353. The normalized spacial score (nSPS) is 14.8. The maximum absolute atomic E-state index is 12.7. The number of carboxylic acids is 1. The molecule has 3 heterocycles. The number of ether oxygens (including phenoxy) is 3. The number of benzene rings is 4. The Labute approximate surface area is 447 Å². The van der Waals surface area contributed by atoms with Gasteiger partial charge in [0.25, 0.3) is 5.97 Å². The van der Waals surface area contributed by atoms with E-state index in [1.165, 1.54) is 23.1 Å². The zero-order valence-electron chi connectivity index (χ0n) is 41.7. The number of rotatable bonds is 12. The molecule has 2 aliphatic rings. The molecule has 21 heteroatoms.